The van der Waals surface area contributed by atoms with Crippen molar-refractivity contribution < 1.29 is 18.3 Å². The SMILES string of the molecule is O=C(NCc1cc(-c2cc3ccccc3o2)on1)c1ccno1. The van der Waals surface area contributed by atoms with Crippen LogP contribution in [0.5, 0.6) is 0 Å². The Bertz CT molecular complexity index is 920. The fourth-order valence-electron chi connectivity index (χ4n) is 2.21. The molecule has 0 aliphatic heterocycles. The van der Waals surface area contributed by atoms with Crippen LogP contribution in [-0.4, -0.2) is 16.2 Å². The van der Waals surface area contributed by atoms with Gasteiger partial charge in [-0.05, 0) is 12.1 Å². The van der Waals surface area contributed by atoms with Gasteiger partial charge in [0.2, 0.25) is 11.5 Å². The maximum atomic E-state index is 11.8. The van der Waals surface area contributed by atoms with Crippen LogP contribution in [0.25, 0.3) is 22.5 Å². The molecule has 0 spiro atoms. The van der Waals surface area contributed by atoms with Gasteiger partial charge in [0, 0.05) is 17.5 Å². The number of nitrogens with one attached hydrogen (secondary N) is 1. The number of aromatic nitrogens is 2. The molecule has 0 saturated carbocycles. The van der Waals surface area contributed by atoms with E-state index >= 15 is 0 Å². The van der Waals surface area contributed by atoms with Gasteiger partial charge in [-0.3, -0.25) is 4.79 Å². The zero-order chi connectivity index (χ0) is 15.6. The lowest BCUT2D eigenvalue weighted by molar-refractivity contribution is 0.0913. The minimum atomic E-state index is -0.365. The highest BCUT2D eigenvalue weighted by Gasteiger charge is 2.14. The fraction of sp³-hybridized carbons (Fsp3) is 0.0625. The molecule has 0 fully saturated rings. The first-order valence-electron chi connectivity index (χ1n) is 6.93. The summed E-state index contributed by atoms with van der Waals surface area (Å²) in [7, 11) is 0. The van der Waals surface area contributed by atoms with Crippen LogP contribution < -0.4 is 5.32 Å². The van der Waals surface area contributed by atoms with Crippen LogP contribution in [0.3, 0.4) is 0 Å². The predicted octanol–water partition coefficient (Wildman–Crippen LogP) is 3.01. The Morgan fingerprint density at radius 2 is 2.00 bits per heavy atom. The average molecular weight is 309 g/mol. The number of rotatable bonds is 4. The normalized spacial score (nSPS) is 11.0. The Kier molecular flexibility index (Phi) is 3.16. The Balaban J connectivity index is 1.49. The number of fused-ring (bicyclic) bond motifs is 1. The average Bonchev–Trinajstić information content (AvgIpc) is 3.31. The molecule has 0 atom stereocenters. The topological polar surface area (TPSA) is 94.3 Å². The van der Waals surface area contributed by atoms with E-state index in [4.69, 9.17) is 13.5 Å². The van der Waals surface area contributed by atoms with Crippen molar-refractivity contribution in [3.63, 3.8) is 0 Å². The smallest absolute Gasteiger partial charge is 0.290 e. The highest BCUT2D eigenvalue weighted by Crippen LogP contribution is 2.28. The van der Waals surface area contributed by atoms with Crippen molar-refractivity contribution in [1.82, 2.24) is 15.6 Å². The van der Waals surface area contributed by atoms with Crippen molar-refractivity contribution in [2.24, 2.45) is 0 Å². The van der Waals surface area contributed by atoms with E-state index in [9.17, 15) is 4.79 Å². The number of hydrogen-bond acceptors (Lipinski definition) is 6. The highest BCUT2D eigenvalue weighted by molar-refractivity contribution is 5.91. The molecule has 0 unspecified atom stereocenters. The molecule has 0 aliphatic carbocycles. The van der Waals surface area contributed by atoms with E-state index in [1.807, 2.05) is 30.3 Å². The third-order valence-corrected chi connectivity index (χ3v) is 3.32. The number of furan rings is 1. The van der Waals surface area contributed by atoms with E-state index in [0.29, 0.717) is 17.2 Å². The maximum absolute atomic E-state index is 11.8. The minimum Gasteiger partial charge on any atom is -0.453 e. The Labute approximate surface area is 129 Å². The lowest BCUT2D eigenvalue weighted by Gasteiger charge is -1.97. The molecule has 1 amide bonds. The van der Waals surface area contributed by atoms with Crippen LogP contribution in [-0.2, 0) is 6.54 Å². The second-order valence-electron chi connectivity index (χ2n) is 4.89. The first-order chi connectivity index (χ1) is 11.3. The maximum Gasteiger partial charge on any atom is 0.290 e. The van der Waals surface area contributed by atoms with Crippen molar-refractivity contribution in [3.8, 4) is 11.5 Å². The van der Waals surface area contributed by atoms with Crippen molar-refractivity contribution >= 4 is 16.9 Å². The molecule has 0 saturated heterocycles. The van der Waals surface area contributed by atoms with E-state index < -0.39 is 0 Å². The standard InChI is InChI=1S/C16H11N3O4/c20-16(13-5-6-18-22-13)17-9-11-8-15(23-19-11)14-7-10-3-1-2-4-12(10)21-14/h1-8H,9H2,(H,17,20). The van der Waals surface area contributed by atoms with Gasteiger partial charge in [-0.25, -0.2) is 0 Å². The zero-order valence-electron chi connectivity index (χ0n) is 11.9. The third-order valence-electron chi connectivity index (χ3n) is 3.32. The summed E-state index contributed by atoms with van der Waals surface area (Å²) in [6.07, 6.45) is 1.41. The van der Waals surface area contributed by atoms with Gasteiger partial charge < -0.3 is 18.8 Å². The fourth-order valence-corrected chi connectivity index (χ4v) is 2.21. The monoisotopic (exact) mass is 309 g/mol. The molecule has 114 valence electrons. The van der Waals surface area contributed by atoms with Gasteiger partial charge in [0.15, 0.2) is 5.76 Å². The number of benzene rings is 1. The van der Waals surface area contributed by atoms with E-state index in [0.717, 1.165) is 11.0 Å². The lowest BCUT2D eigenvalue weighted by atomic mass is 10.2. The first-order valence-corrected chi connectivity index (χ1v) is 6.93. The van der Waals surface area contributed by atoms with Gasteiger partial charge in [-0.15, -0.1) is 0 Å². The summed E-state index contributed by atoms with van der Waals surface area (Å²) in [5.41, 5.74) is 1.35. The second kappa shape index (κ2) is 5.45. The minimum absolute atomic E-state index is 0.144. The summed E-state index contributed by atoms with van der Waals surface area (Å²) >= 11 is 0. The largest absolute Gasteiger partial charge is 0.453 e. The van der Waals surface area contributed by atoms with Crippen molar-refractivity contribution in [1.29, 1.82) is 0 Å². The number of nitrogens with zero attached hydrogens (tertiary/aromatic N) is 2. The molecule has 0 aliphatic rings. The van der Waals surface area contributed by atoms with Crippen molar-refractivity contribution in [2.45, 2.75) is 6.54 Å². The van der Waals surface area contributed by atoms with Crippen LogP contribution in [0.15, 0.2) is 62.1 Å². The Hall–Kier alpha value is -3.35. The molecule has 1 N–H and O–H groups in total. The van der Waals surface area contributed by atoms with Crippen LogP contribution in [0.2, 0.25) is 0 Å². The van der Waals surface area contributed by atoms with Gasteiger partial charge in [0.05, 0.1) is 12.7 Å². The number of amides is 1. The molecular weight excluding hydrogens is 298 g/mol. The summed E-state index contributed by atoms with van der Waals surface area (Å²) in [4.78, 5) is 11.8. The Morgan fingerprint density at radius 3 is 2.83 bits per heavy atom. The van der Waals surface area contributed by atoms with Crippen molar-refractivity contribution in [3.05, 3.63) is 60.1 Å². The van der Waals surface area contributed by atoms with E-state index in [2.05, 4.69) is 15.6 Å². The molecule has 3 heterocycles. The molecule has 4 rings (SSSR count). The number of hydrogen-bond donors (Lipinski definition) is 1. The molecule has 7 nitrogen and oxygen atoms in total. The molecule has 7 heteroatoms. The quantitative estimate of drug-likeness (QED) is 0.622. The van der Waals surface area contributed by atoms with Gasteiger partial charge >= 0.3 is 0 Å². The van der Waals surface area contributed by atoms with Gasteiger partial charge in [0.25, 0.3) is 5.91 Å². The summed E-state index contributed by atoms with van der Waals surface area (Å²) < 4.78 is 15.8. The zero-order valence-corrected chi connectivity index (χ0v) is 11.9. The molecule has 0 bridgehead atoms. The lowest BCUT2D eigenvalue weighted by Crippen LogP contribution is -2.22. The second-order valence-corrected chi connectivity index (χ2v) is 4.89. The number of para-hydroxylation sites is 1. The van der Waals surface area contributed by atoms with Gasteiger partial charge in [-0.2, -0.15) is 0 Å². The van der Waals surface area contributed by atoms with Crippen molar-refractivity contribution in [2.75, 3.05) is 0 Å². The van der Waals surface area contributed by atoms with E-state index in [1.165, 1.54) is 12.3 Å². The predicted molar refractivity (Wildman–Crippen MR) is 79.4 cm³/mol. The number of carbonyl (C=O) groups excluding carboxylic acids is 1. The molecule has 4 aromatic rings. The van der Waals surface area contributed by atoms with Crippen LogP contribution in [0.4, 0.5) is 0 Å². The molecular formula is C16H11N3O4. The third kappa shape index (κ3) is 2.59. The highest BCUT2D eigenvalue weighted by atomic mass is 16.5. The summed E-state index contributed by atoms with van der Waals surface area (Å²) in [5.74, 6) is 0.874. The van der Waals surface area contributed by atoms with Crippen LogP contribution in [0, 0.1) is 0 Å². The van der Waals surface area contributed by atoms with Gasteiger partial charge in [-0.1, -0.05) is 28.5 Å². The summed E-state index contributed by atoms with van der Waals surface area (Å²) in [5, 5.41) is 11.1. The Morgan fingerprint density at radius 1 is 1.09 bits per heavy atom. The summed E-state index contributed by atoms with van der Waals surface area (Å²) in [6, 6.07) is 12.8. The van der Waals surface area contributed by atoms with E-state index in [-0.39, 0.29) is 18.2 Å². The molecule has 0 radical (unpaired) electrons. The first kappa shape index (κ1) is 13.3. The molecule has 23 heavy (non-hydrogen) atoms. The summed E-state index contributed by atoms with van der Waals surface area (Å²) in [6.45, 7) is 0.212. The van der Waals surface area contributed by atoms with Crippen LogP contribution in [0.1, 0.15) is 16.2 Å². The van der Waals surface area contributed by atoms with Crippen LogP contribution >= 0.6 is 0 Å². The molecule has 1 aromatic carbocycles. The molecule has 3 aromatic heterocycles. The van der Waals surface area contributed by atoms with Gasteiger partial charge in [0.1, 0.15) is 11.3 Å². The number of carbonyl (C=O) groups is 1. The van der Waals surface area contributed by atoms with E-state index in [1.54, 1.807) is 6.07 Å².